The molecule has 0 unspecified atom stereocenters. The number of carbonyl (C=O) groups is 1. The summed E-state index contributed by atoms with van der Waals surface area (Å²) in [5.74, 6) is -0.491. The Morgan fingerprint density at radius 3 is 2.50 bits per heavy atom. The Hall–Kier alpha value is -0.570. The zero-order chi connectivity index (χ0) is 4.99. The van der Waals surface area contributed by atoms with E-state index in [1.54, 1.807) is 0 Å². The molecule has 0 aliphatic rings. The summed E-state index contributed by atoms with van der Waals surface area (Å²) >= 11 is 0. The number of methoxy groups -OCH3 is 1. The number of ether oxygens (including phenoxy) is 1. The predicted molar refractivity (Wildman–Crippen MR) is 21.2 cm³/mol. The molecule has 0 atom stereocenters. The number of nitrogens with one attached hydrogen (secondary N) is 1. The second kappa shape index (κ2) is 2.66. The number of hydrogen-bond acceptors (Lipinski definition) is 2. The van der Waals surface area contributed by atoms with Crippen molar-refractivity contribution in [2.75, 3.05) is 13.7 Å². The third kappa shape index (κ3) is 1.72. The fourth-order valence-electron chi connectivity index (χ4n) is 0.0722. The molecule has 0 saturated carbocycles. The fraction of sp³-hybridized carbons (Fsp3) is 0.667. The largest absolute Gasteiger partial charge is 0.668 e. The minimum Gasteiger partial charge on any atom is -0.668 e. The SMILES string of the molecule is COC(=O)C[NH-]. The molecule has 0 aliphatic carbocycles. The van der Waals surface area contributed by atoms with Crippen LogP contribution in [0.3, 0.4) is 0 Å². The Morgan fingerprint density at radius 2 is 2.50 bits per heavy atom. The molecule has 36 valence electrons. The van der Waals surface area contributed by atoms with Crippen LogP contribution in [0.2, 0.25) is 0 Å². The van der Waals surface area contributed by atoms with Gasteiger partial charge in [0.05, 0.1) is 7.11 Å². The van der Waals surface area contributed by atoms with Crippen molar-refractivity contribution in [3.8, 4) is 0 Å². The number of esters is 1. The average Bonchev–Trinajstić information content (AvgIpc) is 1.65. The highest BCUT2D eigenvalue weighted by Crippen LogP contribution is 1.68. The lowest BCUT2D eigenvalue weighted by Gasteiger charge is -1.94. The molecule has 6 heavy (non-hydrogen) atoms. The average molecular weight is 88.1 g/mol. The first-order chi connectivity index (χ1) is 2.81. The van der Waals surface area contributed by atoms with Crippen LogP contribution in [0.5, 0.6) is 0 Å². The van der Waals surface area contributed by atoms with Crippen LogP contribution < -0.4 is 0 Å². The van der Waals surface area contributed by atoms with Crippen molar-refractivity contribution in [2.24, 2.45) is 0 Å². The molecule has 0 aromatic rings. The zero-order valence-electron chi connectivity index (χ0n) is 3.52. The lowest BCUT2D eigenvalue weighted by molar-refractivity contribution is -0.138. The van der Waals surface area contributed by atoms with E-state index in [0.29, 0.717) is 0 Å². The maximum absolute atomic E-state index is 9.77. The minimum atomic E-state index is -0.491. The first-order valence-electron chi connectivity index (χ1n) is 1.52. The summed E-state index contributed by atoms with van der Waals surface area (Å²) in [6.45, 7) is -0.281. The molecule has 0 saturated heterocycles. The molecule has 0 amide bonds. The van der Waals surface area contributed by atoms with E-state index < -0.39 is 5.97 Å². The molecule has 0 spiro atoms. The van der Waals surface area contributed by atoms with Crippen LogP contribution in [-0.4, -0.2) is 19.6 Å². The van der Waals surface area contributed by atoms with Crippen LogP contribution in [0.4, 0.5) is 0 Å². The van der Waals surface area contributed by atoms with Gasteiger partial charge in [-0.15, -0.1) is 0 Å². The van der Waals surface area contributed by atoms with Gasteiger partial charge in [0.2, 0.25) is 0 Å². The van der Waals surface area contributed by atoms with Gasteiger partial charge < -0.3 is 10.5 Å². The van der Waals surface area contributed by atoms with Gasteiger partial charge in [0, 0.05) is 0 Å². The molecule has 0 fully saturated rings. The maximum Gasteiger partial charge on any atom is 0.284 e. The van der Waals surface area contributed by atoms with Crippen molar-refractivity contribution >= 4 is 5.97 Å². The summed E-state index contributed by atoms with van der Waals surface area (Å²) in [6, 6.07) is 0. The van der Waals surface area contributed by atoms with Gasteiger partial charge in [-0.3, -0.25) is 4.79 Å². The van der Waals surface area contributed by atoms with Gasteiger partial charge in [0.1, 0.15) is 0 Å². The van der Waals surface area contributed by atoms with Crippen molar-refractivity contribution in [3.05, 3.63) is 5.73 Å². The number of carbonyl (C=O) groups excluding carboxylic acids is 1. The Bertz CT molecular complexity index is 46.8. The lowest BCUT2D eigenvalue weighted by atomic mass is 10.7. The van der Waals surface area contributed by atoms with Crippen LogP contribution in [0.25, 0.3) is 5.73 Å². The van der Waals surface area contributed by atoms with E-state index in [4.69, 9.17) is 5.73 Å². The van der Waals surface area contributed by atoms with Gasteiger partial charge in [-0.25, -0.2) is 0 Å². The van der Waals surface area contributed by atoms with Gasteiger partial charge in [-0.05, 0) is 6.54 Å². The Kier molecular flexibility index (Phi) is 2.40. The van der Waals surface area contributed by atoms with Gasteiger partial charge in [0.25, 0.3) is 5.97 Å². The van der Waals surface area contributed by atoms with Crippen LogP contribution in [0, 0.1) is 0 Å². The normalized spacial score (nSPS) is 7.67. The molecule has 3 nitrogen and oxygen atoms in total. The zero-order valence-corrected chi connectivity index (χ0v) is 3.52. The topological polar surface area (TPSA) is 50.1 Å². The standard InChI is InChI=1S/C3H6NO2/c1-6-3(5)2-4/h4H,2H2,1H3/q-1. The Morgan fingerprint density at radius 1 is 2.00 bits per heavy atom. The quantitative estimate of drug-likeness (QED) is 0.430. The highest BCUT2D eigenvalue weighted by atomic mass is 16.5. The molecule has 0 aromatic heterocycles. The third-order valence-electron chi connectivity index (χ3n) is 0.372. The first-order valence-corrected chi connectivity index (χ1v) is 1.52. The second-order valence-electron chi connectivity index (χ2n) is 0.753. The number of hydrogen-bond donors (Lipinski definition) is 0. The molecule has 0 heterocycles. The Labute approximate surface area is 36.1 Å². The van der Waals surface area contributed by atoms with Crippen LogP contribution in [-0.2, 0) is 9.53 Å². The van der Waals surface area contributed by atoms with E-state index in [1.807, 2.05) is 0 Å². The minimum absolute atomic E-state index is 0.281. The van der Waals surface area contributed by atoms with Crippen LogP contribution >= 0.6 is 0 Å². The third-order valence-corrected chi connectivity index (χ3v) is 0.372. The molecule has 0 radical (unpaired) electrons. The smallest absolute Gasteiger partial charge is 0.284 e. The molecule has 0 rings (SSSR count). The highest BCUT2D eigenvalue weighted by molar-refractivity contribution is 5.72. The summed E-state index contributed by atoms with van der Waals surface area (Å²) in [5.41, 5.74) is 6.33. The maximum atomic E-state index is 9.77. The van der Waals surface area contributed by atoms with Gasteiger partial charge in [-0.2, -0.15) is 0 Å². The van der Waals surface area contributed by atoms with E-state index in [1.165, 1.54) is 7.11 Å². The molecule has 0 aromatic carbocycles. The molecule has 1 N–H and O–H groups in total. The first kappa shape index (κ1) is 5.43. The van der Waals surface area contributed by atoms with Crippen molar-refractivity contribution in [2.45, 2.75) is 0 Å². The molecular weight excluding hydrogens is 82.0 g/mol. The van der Waals surface area contributed by atoms with E-state index in [9.17, 15) is 4.79 Å². The summed E-state index contributed by atoms with van der Waals surface area (Å²) in [6.07, 6.45) is 0. The van der Waals surface area contributed by atoms with Crippen molar-refractivity contribution in [3.63, 3.8) is 0 Å². The summed E-state index contributed by atoms with van der Waals surface area (Å²) < 4.78 is 4.07. The Balaban J connectivity index is 2.99. The summed E-state index contributed by atoms with van der Waals surface area (Å²) in [5, 5.41) is 0. The second-order valence-corrected chi connectivity index (χ2v) is 0.753. The molecule has 3 heteroatoms. The van der Waals surface area contributed by atoms with Crippen LogP contribution in [0.1, 0.15) is 0 Å². The van der Waals surface area contributed by atoms with Crippen molar-refractivity contribution in [1.82, 2.24) is 0 Å². The predicted octanol–water partition coefficient (Wildman–Crippen LogP) is 0.212. The van der Waals surface area contributed by atoms with E-state index in [0.717, 1.165) is 0 Å². The van der Waals surface area contributed by atoms with Crippen LogP contribution in [0.15, 0.2) is 0 Å². The van der Waals surface area contributed by atoms with E-state index in [2.05, 4.69) is 4.74 Å². The molecule has 0 aliphatic heterocycles. The van der Waals surface area contributed by atoms with Gasteiger partial charge in [0.15, 0.2) is 0 Å². The highest BCUT2D eigenvalue weighted by Gasteiger charge is 1.81. The number of rotatable bonds is 1. The lowest BCUT2D eigenvalue weighted by Crippen LogP contribution is -2.00. The van der Waals surface area contributed by atoms with E-state index >= 15 is 0 Å². The van der Waals surface area contributed by atoms with Gasteiger partial charge >= 0.3 is 0 Å². The monoisotopic (exact) mass is 88.0 g/mol. The molecule has 0 bridgehead atoms. The molecular formula is C3H6NO2-. The fourth-order valence-corrected chi connectivity index (χ4v) is 0.0722. The summed E-state index contributed by atoms with van der Waals surface area (Å²) in [4.78, 5) is 9.77. The van der Waals surface area contributed by atoms with Gasteiger partial charge in [-0.1, -0.05) is 0 Å². The van der Waals surface area contributed by atoms with Crippen molar-refractivity contribution < 1.29 is 9.53 Å². The summed E-state index contributed by atoms with van der Waals surface area (Å²) in [7, 11) is 1.26. The van der Waals surface area contributed by atoms with Crippen molar-refractivity contribution in [1.29, 1.82) is 0 Å². The van der Waals surface area contributed by atoms with E-state index in [-0.39, 0.29) is 6.54 Å².